The van der Waals surface area contributed by atoms with Crippen LogP contribution in [0.2, 0.25) is 0 Å². The summed E-state index contributed by atoms with van der Waals surface area (Å²) < 4.78 is 26.4. The molecular formula is C33H30FN3O5S2. The van der Waals surface area contributed by atoms with Gasteiger partial charge in [-0.2, -0.15) is 0 Å². The molecule has 1 amide bonds. The Balaban J connectivity index is 1.39. The molecule has 4 aromatic rings. The highest BCUT2D eigenvalue weighted by Crippen LogP contribution is 2.45. The molecule has 1 fully saturated rings. The van der Waals surface area contributed by atoms with Crippen LogP contribution in [0.3, 0.4) is 0 Å². The molecule has 2 aliphatic heterocycles. The van der Waals surface area contributed by atoms with Gasteiger partial charge in [0.2, 0.25) is 5.13 Å². The molecule has 2 atom stereocenters. The van der Waals surface area contributed by atoms with Gasteiger partial charge in [0.05, 0.1) is 18.2 Å². The second-order valence-electron chi connectivity index (χ2n) is 10.6. The van der Waals surface area contributed by atoms with Crippen LogP contribution in [0.15, 0.2) is 76.6 Å². The monoisotopic (exact) mass is 631 g/mol. The maximum atomic E-state index is 14.2. The van der Waals surface area contributed by atoms with Crippen LogP contribution in [0.1, 0.15) is 55.0 Å². The number of amides is 1. The van der Waals surface area contributed by atoms with Crippen molar-refractivity contribution in [2.45, 2.75) is 55.3 Å². The van der Waals surface area contributed by atoms with Crippen molar-refractivity contribution in [3.63, 3.8) is 0 Å². The van der Waals surface area contributed by atoms with Gasteiger partial charge in [0, 0.05) is 17.7 Å². The number of carbonyl (C=O) groups is 2. The van der Waals surface area contributed by atoms with E-state index in [1.807, 2.05) is 13.0 Å². The molecule has 0 aliphatic carbocycles. The fourth-order valence-corrected chi connectivity index (χ4v) is 7.15. The number of benzene rings is 3. The molecule has 1 saturated heterocycles. The number of halogens is 1. The first-order valence-electron chi connectivity index (χ1n) is 14.4. The van der Waals surface area contributed by atoms with Gasteiger partial charge in [-0.25, -0.2) is 4.39 Å². The van der Waals surface area contributed by atoms with Gasteiger partial charge in [0.25, 0.3) is 5.78 Å². The van der Waals surface area contributed by atoms with Crippen LogP contribution in [-0.2, 0) is 21.8 Å². The summed E-state index contributed by atoms with van der Waals surface area (Å²) in [7, 11) is 0. The zero-order valence-electron chi connectivity index (χ0n) is 24.2. The van der Waals surface area contributed by atoms with E-state index in [0.29, 0.717) is 45.6 Å². The van der Waals surface area contributed by atoms with Gasteiger partial charge in [-0.15, -0.1) is 10.2 Å². The topological polar surface area (TPSA) is 102 Å². The molecule has 44 heavy (non-hydrogen) atoms. The number of aliphatic hydroxyl groups excluding tert-OH is 1. The molecule has 226 valence electrons. The van der Waals surface area contributed by atoms with E-state index >= 15 is 0 Å². The second kappa shape index (κ2) is 12.8. The summed E-state index contributed by atoms with van der Waals surface area (Å²) in [4.78, 5) is 28.6. The third-order valence-corrected chi connectivity index (χ3v) is 9.57. The largest absolute Gasteiger partial charge is 0.507 e. The lowest BCUT2D eigenvalue weighted by atomic mass is 9.94. The molecule has 2 aliphatic rings. The summed E-state index contributed by atoms with van der Waals surface area (Å²) in [5, 5.41) is 20.3. The first-order chi connectivity index (χ1) is 21.3. The molecule has 3 heterocycles. The molecule has 0 radical (unpaired) electrons. The zero-order valence-corrected chi connectivity index (χ0v) is 25.8. The number of nitrogens with zero attached hydrogens (tertiary/aromatic N) is 3. The minimum Gasteiger partial charge on any atom is -0.507 e. The second-order valence-corrected chi connectivity index (χ2v) is 12.8. The third-order valence-electron chi connectivity index (χ3n) is 7.47. The number of unbranched alkanes of at least 4 members (excludes halogenated alkanes) is 1. The number of aliphatic hydroxyl groups is 1. The molecule has 1 aromatic heterocycles. The molecule has 1 N–H and O–H groups in total. The predicted octanol–water partition coefficient (Wildman–Crippen LogP) is 7.10. The summed E-state index contributed by atoms with van der Waals surface area (Å²) in [6, 6.07) is 17.9. The summed E-state index contributed by atoms with van der Waals surface area (Å²) in [6.07, 6.45) is 2.52. The third kappa shape index (κ3) is 5.94. The van der Waals surface area contributed by atoms with Crippen LogP contribution in [0, 0.1) is 5.82 Å². The number of ketones is 1. The van der Waals surface area contributed by atoms with E-state index in [-0.39, 0.29) is 28.4 Å². The molecule has 0 bridgehead atoms. The lowest BCUT2D eigenvalue weighted by molar-refractivity contribution is -0.132. The Morgan fingerprint density at radius 3 is 2.80 bits per heavy atom. The lowest BCUT2D eigenvalue weighted by Gasteiger charge is -2.23. The van der Waals surface area contributed by atoms with Crippen molar-refractivity contribution < 1.29 is 28.6 Å². The first-order valence-corrected chi connectivity index (χ1v) is 16.2. The SMILES string of the molecule is CCCCOc1cccc([C@H]2/C(=C(\O)c3ccc4c(c3)C[C@@H](C)O4)C(=O)C(=O)N2c2nnc(SCc3ccccc3F)s2)c1. The van der Waals surface area contributed by atoms with Gasteiger partial charge >= 0.3 is 5.91 Å². The average Bonchev–Trinajstić information content (AvgIpc) is 3.71. The van der Waals surface area contributed by atoms with E-state index in [1.165, 1.54) is 22.7 Å². The smallest absolute Gasteiger partial charge is 0.301 e. The lowest BCUT2D eigenvalue weighted by Crippen LogP contribution is -2.29. The molecule has 0 unspecified atom stereocenters. The fraction of sp³-hybridized carbons (Fsp3) is 0.273. The number of aromatic nitrogens is 2. The average molecular weight is 632 g/mol. The highest BCUT2D eigenvalue weighted by Gasteiger charge is 2.48. The summed E-state index contributed by atoms with van der Waals surface area (Å²) in [5.74, 6) is -0.611. The molecular weight excluding hydrogens is 602 g/mol. The van der Waals surface area contributed by atoms with Crippen molar-refractivity contribution in [2.75, 3.05) is 11.5 Å². The predicted molar refractivity (Wildman–Crippen MR) is 168 cm³/mol. The van der Waals surface area contributed by atoms with Crippen LogP contribution in [0.4, 0.5) is 9.52 Å². The molecule has 8 nitrogen and oxygen atoms in total. The van der Waals surface area contributed by atoms with Crippen molar-refractivity contribution in [3.8, 4) is 11.5 Å². The van der Waals surface area contributed by atoms with Crippen LogP contribution in [0.5, 0.6) is 11.5 Å². The van der Waals surface area contributed by atoms with Crippen molar-refractivity contribution in [1.29, 1.82) is 0 Å². The Labute approximate surface area is 262 Å². The van der Waals surface area contributed by atoms with Gasteiger partial charge in [0.15, 0.2) is 4.34 Å². The maximum Gasteiger partial charge on any atom is 0.301 e. The van der Waals surface area contributed by atoms with Crippen LogP contribution in [-0.4, -0.2) is 39.7 Å². The molecule has 0 saturated carbocycles. The first kappa shape index (κ1) is 29.8. The summed E-state index contributed by atoms with van der Waals surface area (Å²) >= 11 is 2.41. The van der Waals surface area contributed by atoms with Crippen LogP contribution < -0.4 is 14.4 Å². The van der Waals surface area contributed by atoms with E-state index < -0.39 is 17.7 Å². The Hall–Kier alpha value is -4.22. The minimum absolute atomic E-state index is 0.00581. The summed E-state index contributed by atoms with van der Waals surface area (Å²) in [6.45, 7) is 4.56. The van der Waals surface area contributed by atoms with E-state index in [4.69, 9.17) is 9.47 Å². The molecule has 3 aromatic carbocycles. The van der Waals surface area contributed by atoms with E-state index in [2.05, 4.69) is 17.1 Å². The number of hydrogen-bond donors (Lipinski definition) is 1. The summed E-state index contributed by atoms with van der Waals surface area (Å²) in [5.41, 5.74) is 2.37. The highest BCUT2D eigenvalue weighted by molar-refractivity contribution is 8.00. The van der Waals surface area contributed by atoms with E-state index in [0.717, 1.165) is 35.5 Å². The normalized spacial score (nSPS) is 18.8. The number of ether oxygens (including phenoxy) is 2. The molecule has 11 heteroatoms. The molecule has 6 rings (SSSR count). The van der Waals surface area contributed by atoms with Gasteiger partial charge in [0.1, 0.15) is 29.2 Å². The zero-order chi connectivity index (χ0) is 30.8. The van der Waals surface area contributed by atoms with Crippen LogP contribution >= 0.6 is 23.1 Å². The van der Waals surface area contributed by atoms with Crippen molar-refractivity contribution in [1.82, 2.24) is 10.2 Å². The maximum absolute atomic E-state index is 14.2. The van der Waals surface area contributed by atoms with E-state index in [1.54, 1.807) is 54.6 Å². The van der Waals surface area contributed by atoms with Gasteiger partial charge in [-0.3, -0.25) is 14.5 Å². The standard InChI is InChI=1S/C33H30FN3O5S2/c1-3-4-14-41-24-10-7-9-20(17-24)28-27(29(38)21-12-13-26-23(16-21)15-19(2)42-26)30(39)31(40)37(28)32-35-36-33(44-32)43-18-22-8-5-6-11-25(22)34/h5-13,16-17,19,28,38H,3-4,14-15,18H2,1-2H3/b29-27+/t19-,28+/m1/s1. The van der Waals surface area contributed by atoms with Crippen molar-refractivity contribution >= 4 is 45.7 Å². The highest BCUT2D eigenvalue weighted by atomic mass is 32.2. The number of Topliss-reactive ketones (excluding diaryl/α,β-unsaturated/α-hetero) is 1. The number of hydrogen-bond acceptors (Lipinski definition) is 9. The number of carbonyl (C=O) groups excluding carboxylic acids is 2. The van der Waals surface area contributed by atoms with Gasteiger partial charge < -0.3 is 14.6 Å². The Morgan fingerprint density at radius 1 is 1.14 bits per heavy atom. The number of thioether (sulfide) groups is 1. The van der Waals surface area contributed by atoms with E-state index in [9.17, 15) is 19.1 Å². The Kier molecular flexibility index (Phi) is 8.67. The fourth-order valence-electron chi connectivity index (χ4n) is 5.29. The number of fused-ring (bicyclic) bond motifs is 1. The number of rotatable bonds is 10. The van der Waals surface area contributed by atoms with Gasteiger partial charge in [-0.1, -0.05) is 66.8 Å². The minimum atomic E-state index is -0.981. The number of anilines is 1. The van der Waals surface area contributed by atoms with Gasteiger partial charge in [-0.05, 0) is 66.4 Å². The van der Waals surface area contributed by atoms with Crippen molar-refractivity contribution in [3.05, 3.63) is 100 Å². The molecule has 0 spiro atoms. The Bertz CT molecular complexity index is 1760. The van der Waals surface area contributed by atoms with Crippen LogP contribution in [0.25, 0.3) is 5.76 Å². The van der Waals surface area contributed by atoms with Crippen molar-refractivity contribution in [2.24, 2.45) is 0 Å². The quantitative estimate of drug-likeness (QED) is 0.0494. The Morgan fingerprint density at radius 2 is 1.98 bits per heavy atom.